The standard InChI is InChI=1S/C5H14N4/c1-4-9(3)5(7-2)8-6/h4,6H2,1-3H3,(H,7,8). The van der Waals surface area contributed by atoms with Gasteiger partial charge in [-0.1, -0.05) is 0 Å². The summed E-state index contributed by atoms with van der Waals surface area (Å²) in [6.45, 7) is 2.93. The van der Waals surface area contributed by atoms with Crippen LogP contribution in [0.2, 0.25) is 0 Å². The molecule has 0 spiro atoms. The molecule has 0 saturated heterocycles. The SMILES string of the molecule is CCN(C)C(=NC)NN. The molecule has 4 heteroatoms. The van der Waals surface area contributed by atoms with Gasteiger partial charge < -0.3 is 4.90 Å². The van der Waals surface area contributed by atoms with E-state index in [0.717, 1.165) is 6.54 Å². The van der Waals surface area contributed by atoms with Crippen molar-refractivity contribution in [2.45, 2.75) is 6.92 Å². The Labute approximate surface area is 55.7 Å². The Hall–Kier alpha value is -0.770. The lowest BCUT2D eigenvalue weighted by molar-refractivity contribution is 0.511. The first kappa shape index (κ1) is 8.23. The van der Waals surface area contributed by atoms with E-state index in [9.17, 15) is 0 Å². The summed E-state index contributed by atoms with van der Waals surface area (Å²) < 4.78 is 0. The maximum atomic E-state index is 5.14. The van der Waals surface area contributed by atoms with Gasteiger partial charge in [-0.15, -0.1) is 0 Å². The summed E-state index contributed by atoms with van der Waals surface area (Å²) in [4.78, 5) is 5.80. The van der Waals surface area contributed by atoms with Crippen molar-refractivity contribution in [3.8, 4) is 0 Å². The third-order valence-corrected chi connectivity index (χ3v) is 1.18. The molecular formula is C5H14N4. The maximum Gasteiger partial charge on any atom is 0.207 e. The molecule has 0 aliphatic heterocycles. The van der Waals surface area contributed by atoms with E-state index in [2.05, 4.69) is 10.4 Å². The van der Waals surface area contributed by atoms with Crippen molar-refractivity contribution in [1.29, 1.82) is 0 Å². The lowest BCUT2D eigenvalue weighted by Gasteiger charge is -2.16. The summed E-state index contributed by atoms with van der Waals surface area (Å²) in [6.07, 6.45) is 0. The molecule has 0 atom stereocenters. The highest BCUT2D eigenvalue weighted by Gasteiger charge is 1.97. The van der Waals surface area contributed by atoms with Gasteiger partial charge in [0.05, 0.1) is 0 Å². The number of aliphatic imine (C=N–C) groups is 1. The van der Waals surface area contributed by atoms with E-state index in [0.29, 0.717) is 5.96 Å². The van der Waals surface area contributed by atoms with E-state index in [1.165, 1.54) is 0 Å². The van der Waals surface area contributed by atoms with Gasteiger partial charge in [-0.05, 0) is 6.92 Å². The van der Waals surface area contributed by atoms with Crippen LogP contribution in [0.5, 0.6) is 0 Å². The fourth-order valence-corrected chi connectivity index (χ4v) is 0.495. The molecule has 54 valence electrons. The van der Waals surface area contributed by atoms with Gasteiger partial charge in [0.15, 0.2) is 0 Å². The minimum absolute atomic E-state index is 0.706. The molecule has 0 fully saturated rings. The number of rotatable bonds is 1. The van der Waals surface area contributed by atoms with Crippen LogP contribution in [0.1, 0.15) is 6.92 Å². The monoisotopic (exact) mass is 130 g/mol. The third kappa shape index (κ3) is 2.32. The number of hydrogen-bond donors (Lipinski definition) is 2. The Morgan fingerprint density at radius 1 is 1.78 bits per heavy atom. The zero-order chi connectivity index (χ0) is 7.28. The number of nitrogens with one attached hydrogen (secondary N) is 1. The van der Waals surface area contributed by atoms with Crippen LogP contribution in [-0.4, -0.2) is 31.5 Å². The molecule has 4 nitrogen and oxygen atoms in total. The van der Waals surface area contributed by atoms with Gasteiger partial charge in [0.1, 0.15) is 0 Å². The van der Waals surface area contributed by atoms with Gasteiger partial charge in [0, 0.05) is 20.6 Å². The number of hydrogen-bond acceptors (Lipinski definition) is 2. The normalized spacial score (nSPS) is 11.3. The molecule has 0 bridgehead atoms. The largest absolute Gasteiger partial charge is 0.345 e. The minimum atomic E-state index is 0.706. The van der Waals surface area contributed by atoms with Crippen LogP contribution in [0.25, 0.3) is 0 Å². The van der Waals surface area contributed by atoms with Crippen LogP contribution in [0.4, 0.5) is 0 Å². The molecule has 0 amide bonds. The first-order valence-electron chi connectivity index (χ1n) is 2.90. The zero-order valence-corrected chi connectivity index (χ0v) is 6.18. The fourth-order valence-electron chi connectivity index (χ4n) is 0.495. The summed E-state index contributed by atoms with van der Waals surface area (Å²) in [5, 5.41) is 0. The second-order valence-electron chi connectivity index (χ2n) is 1.71. The molecule has 0 aromatic rings. The molecule has 0 aromatic carbocycles. The Kier molecular flexibility index (Phi) is 3.79. The van der Waals surface area contributed by atoms with E-state index in [-0.39, 0.29) is 0 Å². The van der Waals surface area contributed by atoms with Gasteiger partial charge in [0.2, 0.25) is 5.96 Å². The summed E-state index contributed by atoms with van der Waals surface area (Å²) in [5.41, 5.74) is 2.48. The summed E-state index contributed by atoms with van der Waals surface area (Å²) in [5.74, 6) is 5.84. The average molecular weight is 130 g/mol. The lowest BCUT2D eigenvalue weighted by atomic mass is 10.6. The van der Waals surface area contributed by atoms with Crippen LogP contribution in [-0.2, 0) is 0 Å². The van der Waals surface area contributed by atoms with Gasteiger partial charge in [-0.3, -0.25) is 10.4 Å². The van der Waals surface area contributed by atoms with Crippen molar-refractivity contribution in [3.63, 3.8) is 0 Å². The van der Waals surface area contributed by atoms with Gasteiger partial charge in [-0.25, -0.2) is 5.84 Å². The van der Waals surface area contributed by atoms with E-state index in [1.807, 2.05) is 18.9 Å². The van der Waals surface area contributed by atoms with Gasteiger partial charge in [0.25, 0.3) is 0 Å². The average Bonchev–Trinajstić information content (AvgIpc) is 1.90. The molecule has 0 aliphatic rings. The highest BCUT2D eigenvalue weighted by atomic mass is 15.4. The van der Waals surface area contributed by atoms with Crippen molar-refractivity contribution in [3.05, 3.63) is 0 Å². The first-order valence-corrected chi connectivity index (χ1v) is 2.90. The Balaban J connectivity index is 3.80. The second kappa shape index (κ2) is 4.14. The van der Waals surface area contributed by atoms with Crippen LogP contribution >= 0.6 is 0 Å². The highest BCUT2D eigenvalue weighted by Crippen LogP contribution is 1.79. The summed E-state index contributed by atoms with van der Waals surface area (Å²) in [7, 11) is 3.61. The third-order valence-electron chi connectivity index (χ3n) is 1.18. The maximum absolute atomic E-state index is 5.14. The first-order chi connectivity index (χ1) is 4.26. The molecule has 0 rings (SSSR count). The molecule has 0 radical (unpaired) electrons. The van der Waals surface area contributed by atoms with E-state index < -0.39 is 0 Å². The topological polar surface area (TPSA) is 53.6 Å². The van der Waals surface area contributed by atoms with Crippen molar-refractivity contribution in [1.82, 2.24) is 10.3 Å². The Bertz CT molecular complexity index is 99.1. The molecule has 0 saturated carbocycles. The highest BCUT2D eigenvalue weighted by molar-refractivity contribution is 5.78. The van der Waals surface area contributed by atoms with E-state index >= 15 is 0 Å². The molecular weight excluding hydrogens is 116 g/mol. The minimum Gasteiger partial charge on any atom is -0.345 e. The molecule has 3 N–H and O–H groups in total. The number of guanidine groups is 1. The van der Waals surface area contributed by atoms with Crippen LogP contribution < -0.4 is 11.3 Å². The smallest absolute Gasteiger partial charge is 0.207 e. The van der Waals surface area contributed by atoms with Crippen molar-refractivity contribution < 1.29 is 0 Å². The summed E-state index contributed by atoms with van der Waals surface area (Å²) in [6, 6.07) is 0. The number of nitrogens with zero attached hydrogens (tertiary/aromatic N) is 2. The predicted octanol–water partition coefficient (Wildman–Crippen LogP) is -0.613. The quantitative estimate of drug-likeness (QED) is 0.215. The van der Waals surface area contributed by atoms with Crippen molar-refractivity contribution in [2.24, 2.45) is 10.8 Å². The molecule has 0 aromatic heterocycles. The summed E-state index contributed by atoms with van der Waals surface area (Å²) >= 11 is 0. The van der Waals surface area contributed by atoms with Crippen LogP contribution in [0.15, 0.2) is 4.99 Å². The van der Waals surface area contributed by atoms with E-state index in [1.54, 1.807) is 7.05 Å². The fraction of sp³-hybridized carbons (Fsp3) is 0.800. The number of hydrazine groups is 1. The Morgan fingerprint density at radius 2 is 2.33 bits per heavy atom. The van der Waals surface area contributed by atoms with Crippen LogP contribution in [0, 0.1) is 0 Å². The molecule has 0 heterocycles. The van der Waals surface area contributed by atoms with E-state index in [4.69, 9.17) is 5.84 Å². The number of nitrogens with two attached hydrogens (primary N) is 1. The molecule has 9 heavy (non-hydrogen) atoms. The molecule has 0 aliphatic carbocycles. The Morgan fingerprint density at radius 3 is 2.44 bits per heavy atom. The van der Waals surface area contributed by atoms with Gasteiger partial charge >= 0.3 is 0 Å². The lowest BCUT2D eigenvalue weighted by Crippen LogP contribution is -2.42. The second-order valence-corrected chi connectivity index (χ2v) is 1.71. The van der Waals surface area contributed by atoms with Gasteiger partial charge in [-0.2, -0.15) is 0 Å². The zero-order valence-electron chi connectivity index (χ0n) is 6.18. The molecule has 0 unspecified atom stereocenters. The van der Waals surface area contributed by atoms with Crippen LogP contribution in [0.3, 0.4) is 0 Å². The van der Waals surface area contributed by atoms with Crippen molar-refractivity contribution >= 4 is 5.96 Å². The predicted molar refractivity (Wildman–Crippen MR) is 39.0 cm³/mol. The van der Waals surface area contributed by atoms with Crippen molar-refractivity contribution in [2.75, 3.05) is 20.6 Å².